The van der Waals surface area contributed by atoms with Crippen molar-refractivity contribution in [1.29, 1.82) is 0 Å². The summed E-state index contributed by atoms with van der Waals surface area (Å²) in [6.45, 7) is 3.15. The van der Waals surface area contributed by atoms with Gasteiger partial charge in [-0.3, -0.25) is 0 Å². The van der Waals surface area contributed by atoms with E-state index in [4.69, 9.17) is 11.6 Å². The molecular weight excluding hydrogens is 329 g/mol. The number of hydrogen-bond acceptors (Lipinski definition) is 2. The summed E-state index contributed by atoms with van der Waals surface area (Å²) in [5.74, 6) is -0.417. The highest BCUT2D eigenvalue weighted by Gasteiger charge is 2.21. The van der Waals surface area contributed by atoms with E-state index < -0.39 is 5.82 Å². The van der Waals surface area contributed by atoms with Crippen LogP contribution in [0.5, 0.6) is 0 Å². The molecule has 1 fully saturated rings. The zero-order chi connectivity index (χ0) is 16.9. The summed E-state index contributed by atoms with van der Waals surface area (Å²) >= 11 is 5.84. The van der Waals surface area contributed by atoms with Crippen LogP contribution in [0.3, 0.4) is 0 Å². The van der Waals surface area contributed by atoms with Crippen molar-refractivity contribution >= 4 is 23.3 Å². The highest BCUT2D eigenvalue weighted by molar-refractivity contribution is 6.31. The number of carbonyl (C=O) groups is 1. The van der Waals surface area contributed by atoms with Gasteiger partial charge in [0.25, 0.3) is 0 Å². The van der Waals surface area contributed by atoms with Crippen molar-refractivity contribution in [1.82, 2.24) is 10.2 Å². The van der Waals surface area contributed by atoms with Crippen molar-refractivity contribution in [2.45, 2.75) is 6.54 Å². The molecule has 0 saturated carbocycles. The first kappa shape index (κ1) is 16.6. The molecule has 1 saturated heterocycles. The average molecular weight is 348 g/mol. The zero-order valence-electron chi connectivity index (χ0n) is 13.2. The molecule has 2 aromatic rings. The van der Waals surface area contributed by atoms with Crippen LogP contribution >= 0.6 is 11.6 Å². The Morgan fingerprint density at radius 2 is 1.79 bits per heavy atom. The van der Waals surface area contributed by atoms with Gasteiger partial charge in [0.2, 0.25) is 0 Å². The number of rotatable bonds is 3. The van der Waals surface area contributed by atoms with E-state index in [1.165, 1.54) is 6.07 Å². The lowest BCUT2D eigenvalue weighted by molar-refractivity contribution is 0.194. The van der Waals surface area contributed by atoms with Crippen molar-refractivity contribution in [3.63, 3.8) is 0 Å². The third-order valence-corrected chi connectivity index (χ3v) is 4.41. The second-order valence-electron chi connectivity index (χ2n) is 5.72. The molecule has 2 amide bonds. The molecule has 0 atom stereocenters. The summed E-state index contributed by atoms with van der Waals surface area (Å²) in [7, 11) is 0. The van der Waals surface area contributed by atoms with Crippen LogP contribution < -0.4 is 10.2 Å². The molecule has 1 aliphatic rings. The first-order valence-corrected chi connectivity index (χ1v) is 8.28. The Morgan fingerprint density at radius 3 is 2.46 bits per heavy atom. The number of nitrogens with one attached hydrogen (secondary N) is 1. The molecule has 1 N–H and O–H groups in total. The van der Waals surface area contributed by atoms with Gasteiger partial charge in [0.15, 0.2) is 0 Å². The van der Waals surface area contributed by atoms with Gasteiger partial charge in [0.1, 0.15) is 5.82 Å². The summed E-state index contributed by atoms with van der Waals surface area (Å²) in [6, 6.07) is 14.5. The van der Waals surface area contributed by atoms with E-state index in [9.17, 15) is 9.18 Å². The van der Waals surface area contributed by atoms with Crippen LogP contribution in [0.15, 0.2) is 48.5 Å². The Bertz CT molecular complexity index is 703. The third kappa shape index (κ3) is 3.97. The molecule has 0 unspecified atom stereocenters. The Balaban J connectivity index is 1.51. The molecule has 2 aromatic carbocycles. The van der Waals surface area contributed by atoms with E-state index in [2.05, 4.69) is 10.2 Å². The SMILES string of the molecule is O=C(NCc1ccccc1)N1CCN(c2ccc(F)c(Cl)c2)CC1. The highest BCUT2D eigenvalue weighted by Crippen LogP contribution is 2.23. The Kier molecular flexibility index (Phi) is 5.20. The molecule has 6 heteroatoms. The van der Waals surface area contributed by atoms with Gasteiger partial charge in [-0.1, -0.05) is 41.9 Å². The molecule has 0 aromatic heterocycles. The minimum absolute atomic E-state index is 0.0596. The number of hydrogen-bond donors (Lipinski definition) is 1. The van der Waals surface area contributed by atoms with E-state index in [-0.39, 0.29) is 11.1 Å². The van der Waals surface area contributed by atoms with Gasteiger partial charge < -0.3 is 15.1 Å². The first-order valence-electron chi connectivity index (χ1n) is 7.90. The smallest absolute Gasteiger partial charge is 0.317 e. The molecule has 1 aliphatic heterocycles. The third-order valence-electron chi connectivity index (χ3n) is 4.12. The number of halogens is 2. The summed E-state index contributed by atoms with van der Waals surface area (Å²) in [5.41, 5.74) is 1.95. The molecule has 0 bridgehead atoms. The monoisotopic (exact) mass is 347 g/mol. The minimum Gasteiger partial charge on any atom is -0.368 e. The van der Waals surface area contributed by atoms with Gasteiger partial charge >= 0.3 is 6.03 Å². The molecule has 3 rings (SSSR count). The number of benzene rings is 2. The van der Waals surface area contributed by atoms with Gasteiger partial charge in [0.05, 0.1) is 5.02 Å². The second kappa shape index (κ2) is 7.53. The Hall–Kier alpha value is -2.27. The lowest BCUT2D eigenvalue weighted by Crippen LogP contribution is -2.51. The van der Waals surface area contributed by atoms with E-state index in [1.54, 1.807) is 17.0 Å². The van der Waals surface area contributed by atoms with E-state index in [1.807, 2.05) is 30.3 Å². The highest BCUT2D eigenvalue weighted by atomic mass is 35.5. The predicted molar refractivity (Wildman–Crippen MR) is 93.9 cm³/mol. The van der Waals surface area contributed by atoms with E-state index in [0.29, 0.717) is 32.7 Å². The number of amides is 2. The molecular formula is C18H19ClFN3O. The fraction of sp³-hybridized carbons (Fsp3) is 0.278. The molecule has 4 nitrogen and oxygen atoms in total. The van der Waals surface area contributed by atoms with Crippen molar-refractivity contribution in [3.05, 3.63) is 64.9 Å². The Morgan fingerprint density at radius 1 is 1.08 bits per heavy atom. The minimum atomic E-state index is -0.417. The number of anilines is 1. The van der Waals surface area contributed by atoms with Crippen LogP contribution in [-0.2, 0) is 6.54 Å². The van der Waals surface area contributed by atoms with E-state index >= 15 is 0 Å². The lowest BCUT2D eigenvalue weighted by Gasteiger charge is -2.36. The van der Waals surface area contributed by atoms with Crippen molar-refractivity contribution in [3.8, 4) is 0 Å². The Labute approximate surface area is 145 Å². The standard InChI is InChI=1S/C18H19ClFN3O/c19-16-12-15(6-7-17(16)20)22-8-10-23(11-9-22)18(24)21-13-14-4-2-1-3-5-14/h1-7,12H,8-11,13H2,(H,21,24). The fourth-order valence-electron chi connectivity index (χ4n) is 2.73. The van der Waals surface area contributed by atoms with Crippen LogP contribution in [-0.4, -0.2) is 37.1 Å². The second-order valence-corrected chi connectivity index (χ2v) is 6.12. The predicted octanol–water partition coefficient (Wildman–Crippen LogP) is 3.51. The zero-order valence-corrected chi connectivity index (χ0v) is 14.0. The van der Waals surface area contributed by atoms with Crippen LogP contribution in [0.2, 0.25) is 5.02 Å². The van der Waals surface area contributed by atoms with Gasteiger partial charge in [-0.2, -0.15) is 0 Å². The fourth-order valence-corrected chi connectivity index (χ4v) is 2.91. The van der Waals surface area contributed by atoms with E-state index in [0.717, 1.165) is 11.3 Å². The summed E-state index contributed by atoms with van der Waals surface area (Å²) in [6.07, 6.45) is 0. The average Bonchev–Trinajstić information content (AvgIpc) is 2.63. The molecule has 126 valence electrons. The molecule has 1 heterocycles. The summed E-state index contributed by atoms with van der Waals surface area (Å²) < 4.78 is 13.2. The van der Waals surface area contributed by atoms with Gasteiger partial charge in [-0.15, -0.1) is 0 Å². The van der Waals surface area contributed by atoms with Crippen molar-refractivity contribution in [2.75, 3.05) is 31.1 Å². The lowest BCUT2D eigenvalue weighted by atomic mass is 10.2. The van der Waals surface area contributed by atoms with Crippen LogP contribution in [0.1, 0.15) is 5.56 Å². The normalized spacial score (nSPS) is 14.6. The number of urea groups is 1. The van der Waals surface area contributed by atoms with Gasteiger partial charge in [-0.25, -0.2) is 9.18 Å². The molecule has 0 radical (unpaired) electrons. The van der Waals surface area contributed by atoms with Crippen LogP contribution in [0, 0.1) is 5.82 Å². The number of nitrogens with zero attached hydrogens (tertiary/aromatic N) is 2. The summed E-state index contributed by atoms with van der Waals surface area (Å²) in [4.78, 5) is 16.1. The van der Waals surface area contributed by atoms with Crippen molar-refractivity contribution < 1.29 is 9.18 Å². The first-order chi connectivity index (χ1) is 11.6. The summed E-state index contributed by atoms with van der Waals surface area (Å²) in [5, 5.41) is 3.06. The number of carbonyl (C=O) groups excluding carboxylic acids is 1. The maximum Gasteiger partial charge on any atom is 0.317 e. The van der Waals surface area contributed by atoms with Crippen LogP contribution in [0.25, 0.3) is 0 Å². The maximum atomic E-state index is 13.2. The molecule has 0 spiro atoms. The topological polar surface area (TPSA) is 35.6 Å². The number of piperazine rings is 1. The largest absolute Gasteiger partial charge is 0.368 e. The van der Waals surface area contributed by atoms with Gasteiger partial charge in [-0.05, 0) is 23.8 Å². The quantitative estimate of drug-likeness (QED) is 0.922. The van der Waals surface area contributed by atoms with Crippen LogP contribution in [0.4, 0.5) is 14.9 Å². The molecule has 0 aliphatic carbocycles. The maximum absolute atomic E-state index is 13.2. The van der Waals surface area contributed by atoms with Gasteiger partial charge in [0, 0.05) is 38.4 Å². The van der Waals surface area contributed by atoms with Crippen molar-refractivity contribution in [2.24, 2.45) is 0 Å². The molecule has 24 heavy (non-hydrogen) atoms.